The number of amides is 3. The highest BCUT2D eigenvalue weighted by molar-refractivity contribution is 6.06. The first-order chi connectivity index (χ1) is 27.2. The summed E-state index contributed by atoms with van der Waals surface area (Å²) in [4.78, 5) is 42.4. The third kappa shape index (κ3) is 9.23. The molecule has 2 heterocycles. The largest absolute Gasteiger partial charge is 0.445 e. The second kappa shape index (κ2) is 17.9. The number of carbonyl (C=O) groups is 3. The van der Waals surface area contributed by atoms with Crippen LogP contribution in [0.5, 0.6) is 0 Å². The van der Waals surface area contributed by atoms with Crippen LogP contribution in [0.1, 0.15) is 59.1 Å². The summed E-state index contributed by atoms with van der Waals surface area (Å²) >= 11 is 0. The predicted molar refractivity (Wildman–Crippen MR) is 211 cm³/mol. The Balaban J connectivity index is 1.05. The van der Waals surface area contributed by atoms with Crippen LogP contribution in [0, 0.1) is 5.92 Å². The molecule has 7 rings (SSSR count). The summed E-state index contributed by atoms with van der Waals surface area (Å²) in [6, 6.07) is 42.2. The molecular formula is C46H47N3O7. The molecule has 5 aromatic carbocycles. The van der Waals surface area contributed by atoms with E-state index < -0.39 is 24.3 Å². The standard InChI is InChI=1S/C46H47N3O7/c1-31-41(28-48(2)26-32-11-5-3-6-12-32)55-45(56-43(31)36-19-17-33(29-50)18-20-36)37-23-21-35(22-24-37)39-16-10-9-15-38(39)27-49-42(51)25-40(44(49)52)47-46(53)54-30-34-13-7-4-8-14-34/h3-24,31,40-41,43,45,50H,25-30H2,1-2H3,(H,47,53)/t31-,40?,41+,43+,45+/m1/s1. The van der Waals surface area contributed by atoms with Crippen LogP contribution in [0.15, 0.2) is 133 Å². The maximum Gasteiger partial charge on any atom is 0.408 e. The first-order valence-corrected chi connectivity index (χ1v) is 19.0. The smallest absolute Gasteiger partial charge is 0.408 e. The topological polar surface area (TPSA) is 118 Å². The van der Waals surface area contributed by atoms with Gasteiger partial charge in [0.1, 0.15) is 12.6 Å². The number of benzene rings is 5. The number of carbonyl (C=O) groups excluding carboxylic acids is 3. The summed E-state index contributed by atoms with van der Waals surface area (Å²) in [6.07, 6.45) is -1.89. The van der Waals surface area contributed by atoms with Crippen molar-refractivity contribution < 1.29 is 33.7 Å². The number of likely N-dealkylation sites (tertiary alicyclic amines) is 1. The molecule has 10 heteroatoms. The van der Waals surface area contributed by atoms with Gasteiger partial charge in [-0.15, -0.1) is 0 Å². The highest BCUT2D eigenvalue weighted by Crippen LogP contribution is 2.42. The first-order valence-electron chi connectivity index (χ1n) is 19.0. The van der Waals surface area contributed by atoms with Crippen LogP contribution in [0.3, 0.4) is 0 Å². The van der Waals surface area contributed by atoms with Crippen LogP contribution in [0.2, 0.25) is 0 Å². The fourth-order valence-corrected chi connectivity index (χ4v) is 7.39. The molecule has 1 unspecified atom stereocenters. The summed E-state index contributed by atoms with van der Waals surface area (Å²) in [6.45, 7) is 3.75. The molecule has 0 saturated carbocycles. The lowest BCUT2D eigenvalue weighted by molar-refractivity contribution is -0.276. The number of hydrogen-bond donors (Lipinski definition) is 2. The molecule has 5 aromatic rings. The second-order valence-corrected chi connectivity index (χ2v) is 14.6. The summed E-state index contributed by atoms with van der Waals surface area (Å²) in [7, 11) is 2.10. The van der Waals surface area contributed by atoms with Gasteiger partial charge in [-0.25, -0.2) is 4.79 Å². The van der Waals surface area contributed by atoms with E-state index in [1.165, 1.54) is 10.5 Å². The average molecular weight is 754 g/mol. The number of ether oxygens (including phenoxy) is 3. The normalized spacial score (nSPS) is 21.0. The van der Waals surface area contributed by atoms with E-state index in [0.29, 0.717) is 6.54 Å². The molecule has 0 aromatic heterocycles. The molecule has 0 spiro atoms. The molecule has 0 radical (unpaired) electrons. The Labute approximate surface area is 327 Å². The molecule has 3 amide bonds. The molecular weight excluding hydrogens is 707 g/mol. The Bertz CT molecular complexity index is 2090. The van der Waals surface area contributed by atoms with Gasteiger partial charge in [-0.3, -0.25) is 19.4 Å². The van der Waals surface area contributed by atoms with Crippen molar-refractivity contribution in [2.45, 2.75) is 64.2 Å². The number of aliphatic hydroxyl groups excluding tert-OH is 1. The minimum absolute atomic E-state index is 0.0239. The van der Waals surface area contributed by atoms with Crippen LogP contribution in [0.4, 0.5) is 4.79 Å². The van der Waals surface area contributed by atoms with E-state index in [-0.39, 0.29) is 50.2 Å². The van der Waals surface area contributed by atoms with Crippen molar-refractivity contribution >= 4 is 17.9 Å². The van der Waals surface area contributed by atoms with Crippen LogP contribution in [-0.2, 0) is 50.1 Å². The Hall–Kier alpha value is -5.65. The molecule has 0 bridgehead atoms. The first kappa shape index (κ1) is 38.6. The number of hydrogen-bond acceptors (Lipinski definition) is 8. The fourth-order valence-electron chi connectivity index (χ4n) is 7.39. The third-order valence-corrected chi connectivity index (χ3v) is 10.5. The van der Waals surface area contributed by atoms with Gasteiger partial charge in [0.2, 0.25) is 5.91 Å². The van der Waals surface area contributed by atoms with E-state index in [0.717, 1.165) is 45.5 Å². The van der Waals surface area contributed by atoms with Crippen molar-refractivity contribution in [1.29, 1.82) is 0 Å². The number of rotatable bonds is 13. The molecule has 2 aliphatic rings. The molecule has 2 fully saturated rings. The van der Waals surface area contributed by atoms with Gasteiger partial charge < -0.3 is 24.6 Å². The highest BCUT2D eigenvalue weighted by atomic mass is 16.7. The van der Waals surface area contributed by atoms with Gasteiger partial charge in [-0.1, -0.05) is 140 Å². The van der Waals surface area contributed by atoms with Crippen molar-refractivity contribution in [3.05, 3.63) is 167 Å². The Morgan fingerprint density at radius 2 is 1.45 bits per heavy atom. The zero-order valence-electron chi connectivity index (χ0n) is 31.6. The van der Waals surface area contributed by atoms with Crippen molar-refractivity contribution in [2.75, 3.05) is 13.6 Å². The summed E-state index contributed by atoms with van der Waals surface area (Å²) in [5.41, 5.74) is 7.35. The third-order valence-electron chi connectivity index (χ3n) is 10.5. The van der Waals surface area contributed by atoms with Gasteiger partial charge in [0.15, 0.2) is 6.29 Å². The Kier molecular flexibility index (Phi) is 12.3. The average Bonchev–Trinajstić information content (AvgIpc) is 3.48. The van der Waals surface area contributed by atoms with Crippen LogP contribution in [-0.4, -0.2) is 58.6 Å². The van der Waals surface area contributed by atoms with Crippen molar-refractivity contribution in [3.8, 4) is 11.1 Å². The van der Waals surface area contributed by atoms with Gasteiger partial charge in [-0.2, -0.15) is 0 Å². The maximum atomic E-state index is 13.4. The van der Waals surface area contributed by atoms with E-state index in [4.69, 9.17) is 14.2 Å². The summed E-state index contributed by atoms with van der Waals surface area (Å²) < 4.78 is 18.7. The lowest BCUT2D eigenvalue weighted by Crippen LogP contribution is -2.43. The molecule has 2 aliphatic heterocycles. The monoisotopic (exact) mass is 753 g/mol. The van der Waals surface area contributed by atoms with Gasteiger partial charge >= 0.3 is 6.09 Å². The highest BCUT2D eigenvalue weighted by Gasteiger charge is 2.41. The van der Waals surface area contributed by atoms with Gasteiger partial charge in [-0.05, 0) is 46.0 Å². The minimum Gasteiger partial charge on any atom is -0.445 e. The predicted octanol–water partition coefficient (Wildman–Crippen LogP) is 7.32. The zero-order chi connectivity index (χ0) is 39.0. The molecule has 2 N–H and O–H groups in total. The van der Waals surface area contributed by atoms with Gasteiger partial charge in [0.05, 0.1) is 31.8 Å². The van der Waals surface area contributed by atoms with Crippen LogP contribution < -0.4 is 5.32 Å². The Morgan fingerprint density at radius 3 is 2.14 bits per heavy atom. The van der Waals surface area contributed by atoms with Gasteiger partial charge in [0, 0.05) is 24.6 Å². The van der Waals surface area contributed by atoms with Gasteiger partial charge in [0.25, 0.3) is 5.91 Å². The fraction of sp³-hybridized carbons (Fsp3) is 0.283. The molecule has 0 aliphatic carbocycles. The summed E-state index contributed by atoms with van der Waals surface area (Å²) in [5.74, 6) is -0.789. The zero-order valence-corrected chi connectivity index (χ0v) is 31.6. The second-order valence-electron chi connectivity index (χ2n) is 14.6. The number of aliphatic hydroxyl groups is 1. The van der Waals surface area contributed by atoms with E-state index in [2.05, 4.69) is 36.3 Å². The quantitative estimate of drug-likeness (QED) is 0.120. The summed E-state index contributed by atoms with van der Waals surface area (Å²) in [5, 5.41) is 12.2. The van der Waals surface area contributed by atoms with Crippen molar-refractivity contribution in [2.24, 2.45) is 5.92 Å². The van der Waals surface area contributed by atoms with Crippen LogP contribution >= 0.6 is 0 Å². The molecule has 56 heavy (non-hydrogen) atoms. The molecule has 5 atom stereocenters. The lowest BCUT2D eigenvalue weighted by Gasteiger charge is -2.42. The minimum atomic E-state index is -0.992. The Morgan fingerprint density at radius 1 is 0.804 bits per heavy atom. The van der Waals surface area contributed by atoms with Crippen molar-refractivity contribution in [1.82, 2.24) is 15.1 Å². The molecule has 10 nitrogen and oxygen atoms in total. The number of alkyl carbamates (subject to hydrolysis) is 1. The molecule has 288 valence electrons. The van der Waals surface area contributed by atoms with Crippen molar-refractivity contribution in [3.63, 3.8) is 0 Å². The number of nitrogens with one attached hydrogen (secondary N) is 1. The van der Waals surface area contributed by atoms with E-state index in [1.54, 1.807) is 0 Å². The maximum absolute atomic E-state index is 13.4. The van der Waals surface area contributed by atoms with E-state index >= 15 is 0 Å². The number of imide groups is 1. The van der Waals surface area contributed by atoms with Crippen LogP contribution in [0.25, 0.3) is 11.1 Å². The van der Waals surface area contributed by atoms with E-state index in [1.807, 2.05) is 121 Å². The lowest BCUT2D eigenvalue weighted by atomic mass is 9.90. The SMILES string of the molecule is C[C@@H]1[C@H](CN(C)Cc2ccccc2)O[C@H](c2ccc(-c3ccccc3CN3C(=O)CC(NC(=O)OCc4ccccc4)C3=O)cc2)O[C@@H]1c1ccc(CO)cc1. The number of likely N-dealkylation sites (N-methyl/N-ethyl adjacent to an activating group) is 1. The van der Waals surface area contributed by atoms with E-state index in [9.17, 15) is 19.5 Å². The number of nitrogens with zero attached hydrogens (tertiary/aromatic N) is 2. The molecule has 2 saturated heterocycles.